The Morgan fingerprint density at radius 3 is 2.74 bits per heavy atom. The summed E-state index contributed by atoms with van der Waals surface area (Å²) < 4.78 is 1.84. The van der Waals surface area contributed by atoms with E-state index in [1.165, 1.54) is 0 Å². The van der Waals surface area contributed by atoms with Crippen molar-refractivity contribution in [2.75, 3.05) is 13.1 Å². The van der Waals surface area contributed by atoms with Gasteiger partial charge in [0.05, 0.1) is 11.7 Å². The number of carbonyl (C=O) groups is 1. The highest BCUT2D eigenvalue weighted by Crippen LogP contribution is 2.22. The molecular formula is C17H23ClN4O. The van der Waals surface area contributed by atoms with Crippen LogP contribution in [0.4, 0.5) is 0 Å². The molecule has 0 bridgehead atoms. The lowest BCUT2D eigenvalue weighted by molar-refractivity contribution is -0.126. The Bertz CT molecular complexity index is 623. The molecule has 6 heteroatoms. The van der Waals surface area contributed by atoms with Gasteiger partial charge in [-0.25, -0.2) is 4.68 Å². The van der Waals surface area contributed by atoms with E-state index in [1.54, 1.807) is 6.20 Å². The van der Waals surface area contributed by atoms with Crippen LogP contribution in [0.3, 0.4) is 0 Å². The van der Waals surface area contributed by atoms with Crippen LogP contribution in [-0.2, 0) is 4.79 Å². The summed E-state index contributed by atoms with van der Waals surface area (Å²) in [5.41, 5.74) is 2.08. The Morgan fingerprint density at radius 2 is 2.04 bits per heavy atom. The lowest BCUT2D eigenvalue weighted by Crippen LogP contribution is -2.39. The third-order valence-electron chi connectivity index (χ3n) is 4.22. The number of aromatic nitrogens is 2. The molecule has 0 spiro atoms. The molecular weight excluding hydrogens is 312 g/mol. The second-order valence-electron chi connectivity index (χ2n) is 5.76. The summed E-state index contributed by atoms with van der Waals surface area (Å²) in [5, 5.41) is 10.7. The first-order chi connectivity index (χ1) is 10.8. The molecule has 2 aromatic rings. The van der Waals surface area contributed by atoms with Gasteiger partial charge in [-0.1, -0.05) is 18.2 Å². The average molecular weight is 335 g/mol. The lowest BCUT2D eigenvalue weighted by atomic mass is 9.96. The number of piperidine rings is 1. The summed E-state index contributed by atoms with van der Waals surface area (Å²) in [5.74, 6) is 0.282. The maximum absolute atomic E-state index is 12.4. The van der Waals surface area contributed by atoms with Crippen LogP contribution >= 0.6 is 12.4 Å². The first-order valence-corrected chi connectivity index (χ1v) is 7.86. The minimum absolute atomic E-state index is 0. The van der Waals surface area contributed by atoms with Crippen LogP contribution in [-0.4, -0.2) is 28.8 Å². The molecule has 1 aliphatic rings. The molecule has 1 fully saturated rings. The van der Waals surface area contributed by atoms with Crippen LogP contribution in [0.1, 0.15) is 31.4 Å². The highest BCUT2D eigenvalue weighted by atomic mass is 35.5. The Hall–Kier alpha value is -1.85. The maximum Gasteiger partial charge on any atom is 0.223 e. The number of nitrogens with one attached hydrogen (secondary N) is 2. The van der Waals surface area contributed by atoms with Crippen molar-refractivity contribution < 1.29 is 4.79 Å². The quantitative estimate of drug-likeness (QED) is 0.903. The summed E-state index contributed by atoms with van der Waals surface area (Å²) in [7, 11) is 0. The first kappa shape index (κ1) is 17.5. The van der Waals surface area contributed by atoms with Crippen molar-refractivity contribution in [3.05, 3.63) is 48.3 Å². The number of hydrogen-bond donors (Lipinski definition) is 2. The molecule has 0 radical (unpaired) electrons. The van der Waals surface area contributed by atoms with E-state index < -0.39 is 0 Å². The molecule has 23 heavy (non-hydrogen) atoms. The fourth-order valence-electron chi connectivity index (χ4n) is 2.97. The first-order valence-electron chi connectivity index (χ1n) is 7.86. The standard InChI is InChI=1S/C17H22N4O.ClH/c1-13(20-17(22)14-7-10-18-11-8-14)15-5-2-3-6-16(15)21-12-4-9-19-21;/h2-6,9,12-14,18H,7-8,10-11H2,1H3,(H,20,22);1H. The summed E-state index contributed by atoms with van der Waals surface area (Å²) in [6.45, 7) is 3.88. The van der Waals surface area contributed by atoms with E-state index in [9.17, 15) is 4.79 Å². The zero-order valence-corrected chi connectivity index (χ0v) is 14.1. The fraction of sp³-hybridized carbons (Fsp3) is 0.412. The zero-order chi connectivity index (χ0) is 15.4. The van der Waals surface area contributed by atoms with Gasteiger partial charge in [-0.05, 0) is 50.6 Å². The number of nitrogens with zero attached hydrogens (tertiary/aromatic N) is 2. The van der Waals surface area contributed by atoms with E-state index in [-0.39, 0.29) is 30.3 Å². The molecule has 1 aliphatic heterocycles. The third kappa shape index (κ3) is 4.12. The van der Waals surface area contributed by atoms with Crippen molar-refractivity contribution in [1.29, 1.82) is 0 Å². The van der Waals surface area contributed by atoms with Gasteiger partial charge >= 0.3 is 0 Å². The molecule has 3 rings (SSSR count). The number of para-hydroxylation sites is 1. The van der Waals surface area contributed by atoms with Crippen molar-refractivity contribution >= 4 is 18.3 Å². The molecule has 124 valence electrons. The predicted octanol–water partition coefficient (Wildman–Crippen LogP) is 2.47. The van der Waals surface area contributed by atoms with Crippen LogP contribution < -0.4 is 10.6 Å². The topological polar surface area (TPSA) is 59.0 Å². The van der Waals surface area contributed by atoms with E-state index in [0.29, 0.717) is 0 Å². The third-order valence-corrected chi connectivity index (χ3v) is 4.22. The molecule has 1 aromatic heterocycles. The molecule has 2 heterocycles. The fourth-order valence-corrected chi connectivity index (χ4v) is 2.97. The molecule has 1 unspecified atom stereocenters. The van der Waals surface area contributed by atoms with Gasteiger partial charge in [0.25, 0.3) is 0 Å². The van der Waals surface area contributed by atoms with Crippen LogP contribution in [0.5, 0.6) is 0 Å². The van der Waals surface area contributed by atoms with Gasteiger partial charge in [0, 0.05) is 18.3 Å². The number of benzene rings is 1. The normalized spacial score (nSPS) is 16.4. The molecule has 5 nitrogen and oxygen atoms in total. The summed E-state index contributed by atoms with van der Waals surface area (Å²) in [6.07, 6.45) is 5.51. The minimum Gasteiger partial charge on any atom is -0.349 e. The zero-order valence-electron chi connectivity index (χ0n) is 13.2. The smallest absolute Gasteiger partial charge is 0.223 e. The lowest BCUT2D eigenvalue weighted by Gasteiger charge is -2.25. The number of amides is 1. The van der Waals surface area contributed by atoms with Crippen LogP contribution in [0, 0.1) is 5.92 Å². The summed E-state index contributed by atoms with van der Waals surface area (Å²) >= 11 is 0. The van der Waals surface area contributed by atoms with Crippen molar-refractivity contribution in [3.8, 4) is 5.69 Å². The van der Waals surface area contributed by atoms with Gasteiger partial charge < -0.3 is 10.6 Å². The highest BCUT2D eigenvalue weighted by molar-refractivity contribution is 5.85. The van der Waals surface area contributed by atoms with E-state index in [0.717, 1.165) is 37.2 Å². The second kappa shape index (κ2) is 8.13. The van der Waals surface area contributed by atoms with Gasteiger partial charge in [0.15, 0.2) is 0 Å². The molecule has 1 saturated heterocycles. The van der Waals surface area contributed by atoms with Gasteiger partial charge in [-0.3, -0.25) is 4.79 Å². The van der Waals surface area contributed by atoms with Crippen LogP contribution in [0.25, 0.3) is 5.69 Å². The van der Waals surface area contributed by atoms with Crippen LogP contribution in [0.2, 0.25) is 0 Å². The average Bonchev–Trinajstić information content (AvgIpc) is 3.10. The van der Waals surface area contributed by atoms with Crippen LogP contribution in [0.15, 0.2) is 42.7 Å². The Morgan fingerprint density at radius 1 is 1.30 bits per heavy atom. The SMILES string of the molecule is CC(NC(=O)C1CCNCC1)c1ccccc1-n1cccn1.Cl. The van der Waals surface area contributed by atoms with Crippen molar-refractivity contribution in [2.24, 2.45) is 5.92 Å². The van der Waals surface area contributed by atoms with E-state index in [2.05, 4.69) is 15.7 Å². The van der Waals surface area contributed by atoms with E-state index in [1.807, 2.05) is 48.1 Å². The number of hydrogen-bond acceptors (Lipinski definition) is 3. The second-order valence-corrected chi connectivity index (χ2v) is 5.76. The maximum atomic E-state index is 12.4. The Kier molecular flexibility index (Phi) is 6.19. The molecule has 1 amide bonds. The van der Waals surface area contributed by atoms with Crippen molar-refractivity contribution in [3.63, 3.8) is 0 Å². The van der Waals surface area contributed by atoms with Gasteiger partial charge in [-0.2, -0.15) is 5.10 Å². The molecule has 1 aromatic carbocycles. The van der Waals surface area contributed by atoms with Gasteiger partial charge in [0.2, 0.25) is 5.91 Å². The highest BCUT2D eigenvalue weighted by Gasteiger charge is 2.23. The monoisotopic (exact) mass is 334 g/mol. The number of halogens is 1. The van der Waals surface area contributed by atoms with Crippen molar-refractivity contribution in [2.45, 2.75) is 25.8 Å². The molecule has 0 aliphatic carbocycles. The Labute approximate surface area is 142 Å². The van der Waals surface area contributed by atoms with Crippen molar-refractivity contribution in [1.82, 2.24) is 20.4 Å². The summed E-state index contributed by atoms with van der Waals surface area (Å²) in [6, 6.07) is 9.91. The predicted molar refractivity (Wildman–Crippen MR) is 93.0 cm³/mol. The minimum atomic E-state index is -0.0391. The van der Waals surface area contributed by atoms with Gasteiger partial charge in [0.1, 0.15) is 0 Å². The van der Waals surface area contributed by atoms with E-state index in [4.69, 9.17) is 0 Å². The molecule has 0 saturated carbocycles. The van der Waals surface area contributed by atoms with E-state index >= 15 is 0 Å². The largest absolute Gasteiger partial charge is 0.349 e. The molecule has 1 atom stereocenters. The number of carbonyl (C=O) groups excluding carboxylic acids is 1. The Balaban J connectivity index is 0.00000192. The number of rotatable bonds is 4. The van der Waals surface area contributed by atoms with Gasteiger partial charge in [-0.15, -0.1) is 12.4 Å². The molecule has 2 N–H and O–H groups in total. The summed E-state index contributed by atoms with van der Waals surface area (Å²) in [4.78, 5) is 12.4.